The highest BCUT2D eigenvalue weighted by Crippen LogP contribution is 2.32. The van der Waals surface area contributed by atoms with Crippen molar-refractivity contribution in [1.82, 2.24) is 9.55 Å². The Morgan fingerprint density at radius 2 is 1.74 bits per heavy atom. The third-order valence-corrected chi connectivity index (χ3v) is 6.36. The van der Waals surface area contributed by atoms with Gasteiger partial charge in [-0.2, -0.15) is 0 Å². The molecular weight excluding hydrogens is 432 g/mol. The van der Waals surface area contributed by atoms with Crippen molar-refractivity contribution in [3.8, 4) is 5.69 Å². The van der Waals surface area contributed by atoms with E-state index >= 15 is 0 Å². The van der Waals surface area contributed by atoms with E-state index in [1.807, 2.05) is 58.0 Å². The second kappa shape index (κ2) is 9.37. The van der Waals surface area contributed by atoms with Crippen LogP contribution in [0.1, 0.15) is 49.2 Å². The fourth-order valence-corrected chi connectivity index (χ4v) is 4.51. The van der Waals surface area contributed by atoms with E-state index in [9.17, 15) is 13.6 Å². The van der Waals surface area contributed by atoms with Gasteiger partial charge in [-0.05, 0) is 72.7 Å². The first-order valence-electron chi connectivity index (χ1n) is 11.6. The van der Waals surface area contributed by atoms with E-state index in [1.165, 1.54) is 12.1 Å². The predicted octanol–water partition coefficient (Wildman–Crippen LogP) is 6.10. The second-order valence-electron chi connectivity index (χ2n) is 9.17. The SMILES string of the molecule is CCc1cccc(-n2c(C(Cc3cc(F)cc(F)c3)C(C)C)nc3cc(C)ccc3c2=O)c1N. The Labute approximate surface area is 198 Å². The third-order valence-electron chi connectivity index (χ3n) is 6.36. The Kier molecular flexibility index (Phi) is 6.51. The highest BCUT2D eigenvalue weighted by atomic mass is 19.1. The van der Waals surface area contributed by atoms with Gasteiger partial charge in [-0.1, -0.05) is 39.0 Å². The van der Waals surface area contributed by atoms with E-state index in [1.54, 1.807) is 10.6 Å². The molecule has 0 radical (unpaired) electrons. The Hall–Kier alpha value is -3.54. The summed E-state index contributed by atoms with van der Waals surface area (Å²) in [6.45, 7) is 7.99. The number of hydrogen-bond acceptors (Lipinski definition) is 3. The minimum absolute atomic E-state index is 0.0299. The monoisotopic (exact) mass is 461 g/mol. The minimum atomic E-state index is -0.628. The number of para-hydroxylation sites is 1. The van der Waals surface area contributed by atoms with E-state index in [2.05, 4.69) is 0 Å². The fraction of sp³-hybridized carbons (Fsp3) is 0.286. The number of nitrogens with zero attached hydrogens (tertiary/aromatic N) is 2. The molecule has 0 aliphatic carbocycles. The van der Waals surface area contributed by atoms with Crippen LogP contribution in [-0.4, -0.2) is 9.55 Å². The van der Waals surface area contributed by atoms with Crippen LogP contribution in [-0.2, 0) is 12.8 Å². The van der Waals surface area contributed by atoms with Gasteiger partial charge in [0.1, 0.15) is 17.5 Å². The summed E-state index contributed by atoms with van der Waals surface area (Å²) in [5.74, 6) is -0.984. The molecular formula is C28H29F2N3O. The van der Waals surface area contributed by atoms with Crippen molar-refractivity contribution in [1.29, 1.82) is 0 Å². The van der Waals surface area contributed by atoms with Crippen molar-refractivity contribution in [2.24, 2.45) is 5.92 Å². The molecule has 1 atom stereocenters. The second-order valence-corrected chi connectivity index (χ2v) is 9.17. The summed E-state index contributed by atoms with van der Waals surface area (Å²) in [7, 11) is 0. The van der Waals surface area contributed by atoms with Gasteiger partial charge >= 0.3 is 0 Å². The molecule has 0 saturated heterocycles. The third kappa shape index (κ3) is 4.45. The molecule has 0 aliphatic heterocycles. The number of aromatic nitrogens is 2. The Bertz CT molecular complexity index is 1410. The molecule has 4 aromatic rings. The molecule has 176 valence electrons. The molecule has 0 fully saturated rings. The summed E-state index contributed by atoms with van der Waals surface area (Å²) >= 11 is 0. The number of nitrogens with two attached hydrogens (primary N) is 1. The number of hydrogen-bond donors (Lipinski definition) is 1. The van der Waals surface area contributed by atoms with E-state index in [-0.39, 0.29) is 17.4 Å². The van der Waals surface area contributed by atoms with Crippen LogP contribution in [0.3, 0.4) is 0 Å². The lowest BCUT2D eigenvalue weighted by Crippen LogP contribution is -2.29. The Morgan fingerprint density at radius 1 is 1.03 bits per heavy atom. The zero-order chi connectivity index (χ0) is 24.6. The number of benzene rings is 3. The van der Waals surface area contributed by atoms with Gasteiger partial charge in [0, 0.05) is 12.0 Å². The molecule has 6 heteroatoms. The number of fused-ring (bicyclic) bond motifs is 1. The first-order valence-corrected chi connectivity index (χ1v) is 11.6. The van der Waals surface area contributed by atoms with Crippen LogP contribution in [0.15, 0.2) is 59.4 Å². The molecule has 0 bridgehead atoms. The van der Waals surface area contributed by atoms with Crippen LogP contribution >= 0.6 is 0 Å². The van der Waals surface area contributed by atoms with E-state index in [0.717, 1.165) is 23.6 Å². The van der Waals surface area contributed by atoms with Gasteiger partial charge in [0.15, 0.2) is 0 Å². The van der Waals surface area contributed by atoms with Gasteiger partial charge in [0.2, 0.25) is 0 Å². The van der Waals surface area contributed by atoms with E-state index in [0.29, 0.717) is 40.1 Å². The summed E-state index contributed by atoms with van der Waals surface area (Å²) in [5, 5.41) is 0.495. The number of halogens is 2. The van der Waals surface area contributed by atoms with E-state index in [4.69, 9.17) is 10.7 Å². The molecule has 3 aromatic carbocycles. The largest absolute Gasteiger partial charge is 0.397 e. The molecule has 1 unspecified atom stereocenters. The normalized spacial score (nSPS) is 12.4. The Balaban J connectivity index is 2.02. The lowest BCUT2D eigenvalue weighted by atomic mass is 9.87. The Morgan fingerprint density at radius 3 is 2.38 bits per heavy atom. The van der Waals surface area contributed by atoms with Crippen molar-refractivity contribution in [3.05, 3.63) is 99.1 Å². The highest BCUT2D eigenvalue weighted by molar-refractivity contribution is 5.79. The van der Waals surface area contributed by atoms with Crippen molar-refractivity contribution < 1.29 is 8.78 Å². The molecule has 0 spiro atoms. The van der Waals surface area contributed by atoms with E-state index < -0.39 is 11.6 Å². The van der Waals surface area contributed by atoms with Crippen LogP contribution in [0.25, 0.3) is 16.6 Å². The van der Waals surface area contributed by atoms with Gasteiger partial charge in [-0.25, -0.2) is 13.8 Å². The molecule has 0 aliphatic rings. The zero-order valence-electron chi connectivity index (χ0n) is 19.9. The number of aryl methyl sites for hydroxylation is 2. The first kappa shape index (κ1) is 23.6. The van der Waals surface area contributed by atoms with Gasteiger partial charge in [0.05, 0.1) is 22.3 Å². The molecule has 34 heavy (non-hydrogen) atoms. The quantitative estimate of drug-likeness (QED) is 0.353. The van der Waals surface area contributed by atoms with Crippen LogP contribution in [0.5, 0.6) is 0 Å². The van der Waals surface area contributed by atoms with Crippen molar-refractivity contribution >= 4 is 16.6 Å². The topological polar surface area (TPSA) is 60.9 Å². The maximum absolute atomic E-state index is 14.0. The molecule has 1 aromatic heterocycles. The smallest absolute Gasteiger partial charge is 0.266 e. The van der Waals surface area contributed by atoms with Crippen molar-refractivity contribution in [3.63, 3.8) is 0 Å². The van der Waals surface area contributed by atoms with Crippen LogP contribution in [0.4, 0.5) is 14.5 Å². The average molecular weight is 462 g/mol. The molecule has 4 nitrogen and oxygen atoms in total. The molecule has 1 heterocycles. The average Bonchev–Trinajstić information content (AvgIpc) is 2.77. The molecule has 0 saturated carbocycles. The van der Waals surface area contributed by atoms with Gasteiger partial charge in [0.25, 0.3) is 5.56 Å². The molecule has 2 N–H and O–H groups in total. The lowest BCUT2D eigenvalue weighted by molar-refractivity contribution is 0.460. The zero-order valence-corrected chi connectivity index (χ0v) is 19.9. The van der Waals surface area contributed by atoms with Gasteiger partial charge < -0.3 is 5.73 Å². The lowest BCUT2D eigenvalue weighted by Gasteiger charge is -2.26. The van der Waals surface area contributed by atoms with Crippen molar-refractivity contribution in [2.45, 2.75) is 46.5 Å². The maximum Gasteiger partial charge on any atom is 0.266 e. The summed E-state index contributed by atoms with van der Waals surface area (Å²) < 4.78 is 29.5. The summed E-state index contributed by atoms with van der Waals surface area (Å²) in [4.78, 5) is 18.8. The number of anilines is 1. The predicted molar refractivity (Wildman–Crippen MR) is 134 cm³/mol. The molecule has 4 rings (SSSR count). The summed E-state index contributed by atoms with van der Waals surface area (Å²) in [6.07, 6.45) is 1.05. The summed E-state index contributed by atoms with van der Waals surface area (Å²) in [6, 6.07) is 14.7. The fourth-order valence-electron chi connectivity index (χ4n) is 4.51. The van der Waals surface area contributed by atoms with Crippen LogP contribution < -0.4 is 11.3 Å². The van der Waals surface area contributed by atoms with Gasteiger partial charge in [-0.15, -0.1) is 0 Å². The van der Waals surface area contributed by atoms with Crippen molar-refractivity contribution in [2.75, 3.05) is 5.73 Å². The number of nitrogen functional groups attached to an aromatic ring is 1. The van der Waals surface area contributed by atoms with Crippen LogP contribution in [0.2, 0.25) is 0 Å². The van der Waals surface area contributed by atoms with Gasteiger partial charge in [-0.3, -0.25) is 9.36 Å². The standard InChI is InChI=1S/C28H29F2N3O/c1-5-19-7-6-8-25(26(19)31)33-27(32-24-11-17(4)9-10-22(24)28(33)34)23(16(2)3)14-18-12-20(29)15-21(30)13-18/h6-13,15-16,23H,5,14,31H2,1-4H3. The maximum atomic E-state index is 14.0. The highest BCUT2D eigenvalue weighted by Gasteiger charge is 2.26. The molecule has 0 amide bonds. The summed E-state index contributed by atoms with van der Waals surface area (Å²) in [5.41, 5.74) is 10.4. The number of rotatable bonds is 6. The van der Waals surface area contributed by atoms with Crippen LogP contribution in [0, 0.1) is 24.5 Å². The first-order chi connectivity index (χ1) is 16.2. The minimum Gasteiger partial charge on any atom is -0.397 e.